The van der Waals surface area contributed by atoms with Gasteiger partial charge in [0.15, 0.2) is 11.6 Å². The molecule has 0 atom stereocenters. The number of rotatable bonds is 5. The quantitative estimate of drug-likeness (QED) is 0.712. The summed E-state index contributed by atoms with van der Waals surface area (Å²) in [5.41, 5.74) is 4.12. The Morgan fingerprint density at radius 2 is 1.75 bits per heavy atom. The minimum atomic E-state index is 0.625. The van der Waals surface area contributed by atoms with Crippen molar-refractivity contribution in [1.82, 2.24) is 9.97 Å². The Morgan fingerprint density at radius 3 is 2.33 bits per heavy atom. The van der Waals surface area contributed by atoms with Gasteiger partial charge in [0.05, 0.1) is 19.0 Å². The van der Waals surface area contributed by atoms with Crippen LogP contribution in [0.5, 0.6) is 5.75 Å². The van der Waals surface area contributed by atoms with Crippen LogP contribution in [0.3, 0.4) is 0 Å². The average molecular weight is 343 g/mol. The number of halogens is 1. The maximum Gasteiger partial charge on any atom is 0.159 e. The Bertz CT molecular complexity index is 659. The van der Waals surface area contributed by atoms with Crippen LogP contribution in [0.1, 0.15) is 44.1 Å². The van der Waals surface area contributed by atoms with Crippen LogP contribution < -0.4 is 4.74 Å². The number of allylic oxidation sites excluding steroid dienone is 1. The van der Waals surface area contributed by atoms with E-state index in [9.17, 15) is 0 Å². The lowest BCUT2D eigenvalue weighted by Gasteiger charge is -2.27. The van der Waals surface area contributed by atoms with Crippen LogP contribution in [-0.2, 0) is 0 Å². The SMILES string of the molecule is CCOc1cnc(-c2ccc([C@H]3CC[C@H](/C=C/Cl)CC3)cc2)nc1. The van der Waals surface area contributed by atoms with Crippen LogP contribution in [0.4, 0.5) is 0 Å². The van der Waals surface area contributed by atoms with E-state index in [1.807, 2.05) is 6.92 Å². The number of benzene rings is 1. The molecule has 0 aliphatic heterocycles. The van der Waals surface area contributed by atoms with E-state index in [0.29, 0.717) is 24.2 Å². The summed E-state index contributed by atoms with van der Waals surface area (Å²) in [4.78, 5) is 8.77. The second-order valence-electron chi connectivity index (χ2n) is 6.23. The minimum absolute atomic E-state index is 0.625. The number of aromatic nitrogens is 2. The van der Waals surface area contributed by atoms with E-state index in [2.05, 4.69) is 40.3 Å². The van der Waals surface area contributed by atoms with Gasteiger partial charge in [0.2, 0.25) is 0 Å². The van der Waals surface area contributed by atoms with Crippen LogP contribution in [-0.4, -0.2) is 16.6 Å². The topological polar surface area (TPSA) is 35.0 Å². The zero-order valence-electron chi connectivity index (χ0n) is 14.0. The van der Waals surface area contributed by atoms with Crippen molar-refractivity contribution in [3.63, 3.8) is 0 Å². The van der Waals surface area contributed by atoms with Gasteiger partial charge in [-0.05, 0) is 50.0 Å². The molecule has 1 saturated carbocycles. The Balaban J connectivity index is 1.65. The highest BCUT2D eigenvalue weighted by molar-refractivity contribution is 6.25. The fourth-order valence-electron chi connectivity index (χ4n) is 3.36. The smallest absolute Gasteiger partial charge is 0.159 e. The standard InChI is InChI=1S/C20H23ClN2O/c1-2-24-19-13-22-20(23-14-19)18-9-7-17(8-10-18)16-5-3-15(4-6-16)11-12-21/h7-16H,2-6H2,1H3/b12-11+/t15-,16-. The Kier molecular flexibility index (Phi) is 5.86. The molecule has 1 fully saturated rings. The molecule has 1 heterocycles. The van der Waals surface area contributed by atoms with E-state index in [-0.39, 0.29) is 0 Å². The van der Waals surface area contributed by atoms with Gasteiger partial charge in [-0.25, -0.2) is 9.97 Å². The van der Waals surface area contributed by atoms with E-state index in [0.717, 1.165) is 11.4 Å². The van der Waals surface area contributed by atoms with Crippen molar-refractivity contribution in [3.05, 3.63) is 53.8 Å². The normalized spacial score (nSPS) is 21.1. The monoisotopic (exact) mass is 342 g/mol. The minimum Gasteiger partial charge on any atom is -0.491 e. The molecular formula is C20H23ClN2O. The molecule has 0 spiro atoms. The fraction of sp³-hybridized carbons (Fsp3) is 0.400. The van der Waals surface area contributed by atoms with Crippen LogP contribution in [0, 0.1) is 5.92 Å². The maximum atomic E-state index is 5.69. The third-order valence-corrected chi connectivity index (χ3v) is 4.84. The van der Waals surface area contributed by atoms with Gasteiger partial charge in [0, 0.05) is 11.1 Å². The average Bonchev–Trinajstić information content (AvgIpc) is 2.64. The summed E-state index contributed by atoms with van der Waals surface area (Å²) in [6.07, 6.45) is 10.5. The molecule has 4 heteroatoms. The first-order valence-electron chi connectivity index (χ1n) is 8.62. The number of ether oxygens (including phenoxy) is 1. The highest BCUT2D eigenvalue weighted by Crippen LogP contribution is 2.36. The molecule has 2 aromatic rings. The fourth-order valence-corrected chi connectivity index (χ4v) is 3.56. The molecule has 0 unspecified atom stereocenters. The highest BCUT2D eigenvalue weighted by Gasteiger charge is 2.20. The third-order valence-electron chi connectivity index (χ3n) is 4.70. The second-order valence-corrected chi connectivity index (χ2v) is 6.48. The molecule has 1 aliphatic rings. The molecule has 24 heavy (non-hydrogen) atoms. The van der Waals surface area contributed by atoms with Gasteiger partial charge in [0.1, 0.15) is 0 Å². The van der Waals surface area contributed by atoms with Crippen molar-refractivity contribution >= 4 is 11.6 Å². The molecule has 0 bridgehead atoms. The summed E-state index contributed by atoms with van der Waals surface area (Å²) < 4.78 is 5.38. The van der Waals surface area contributed by atoms with Gasteiger partial charge in [-0.15, -0.1) is 0 Å². The summed E-state index contributed by atoms with van der Waals surface area (Å²) in [6, 6.07) is 8.68. The van der Waals surface area contributed by atoms with Gasteiger partial charge in [0.25, 0.3) is 0 Å². The second kappa shape index (κ2) is 8.29. The largest absolute Gasteiger partial charge is 0.491 e. The van der Waals surface area contributed by atoms with Gasteiger partial charge >= 0.3 is 0 Å². The zero-order chi connectivity index (χ0) is 16.8. The molecule has 1 aromatic heterocycles. The molecule has 1 aromatic carbocycles. The van der Waals surface area contributed by atoms with Gasteiger partial charge in [-0.3, -0.25) is 0 Å². The first-order valence-corrected chi connectivity index (χ1v) is 9.06. The first-order chi connectivity index (χ1) is 11.8. The summed E-state index contributed by atoms with van der Waals surface area (Å²) in [5, 5.41) is 0. The van der Waals surface area contributed by atoms with Crippen molar-refractivity contribution in [2.24, 2.45) is 5.92 Å². The van der Waals surface area contributed by atoms with Gasteiger partial charge in [-0.1, -0.05) is 41.9 Å². The number of nitrogens with zero attached hydrogens (tertiary/aromatic N) is 2. The van der Waals surface area contributed by atoms with Crippen molar-refractivity contribution in [1.29, 1.82) is 0 Å². The highest BCUT2D eigenvalue weighted by atomic mass is 35.5. The summed E-state index contributed by atoms with van der Waals surface area (Å²) in [7, 11) is 0. The van der Waals surface area contributed by atoms with Gasteiger partial charge < -0.3 is 4.74 Å². The summed E-state index contributed by atoms with van der Waals surface area (Å²) >= 11 is 5.69. The van der Waals surface area contributed by atoms with Crippen LogP contribution >= 0.6 is 11.6 Å². The van der Waals surface area contributed by atoms with E-state index in [4.69, 9.17) is 16.3 Å². The van der Waals surface area contributed by atoms with Gasteiger partial charge in [-0.2, -0.15) is 0 Å². The van der Waals surface area contributed by atoms with Crippen LogP contribution in [0.25, 0.3) is 11.4 Å². The predicted octanol–water partition coefficient (Wildman–Crippen LogP) is 5.57. The molecule has 126 valence electrons. The van der Waals surface area contributed by atoms with E-state index >= 15 is 0 Å². The first kappa shape index (κ1) is 17.0. The molecule has 0 amide bonds. The van der Waals surface area contributed by atoms with E-state index in [1.54, 1.807) is 17.9 Å². The maximum absolute atomic E-state index is 5.69. The molecule has 3 nitrogen and oxygen atoms in total. The Labute approximate surface area is 148 Å². The van der Waals surface area contributed by atoms with Crippen molar-refractivity contribution in [2.75, 3.05) is 6.61 Å². The molecular weight excluding hydrogens is 320 g/mol. The molecule has 0 radical (unpaired) electrons. The zero-order valence-corrected chi connectivity index (χ0v) is 14.7. The summed E-state index contributed by atoms with van der Waals surface area (Å²) in [6.45, 7) is 2.58. The lowest BCUT2D eigenvalue weighted by molar-refractivity contribution is 0.337. The Morgan fingerprint density at radius 1 is 1.08 bits per heavy atom. The predicted molar refractivity (Wildman–Crippen MR) is 98.3 cm³/mol. The Hall–Kier alpha value is -1.87. The lowest BCUT2D eigenvalue weighted by atomic mass is 9.78. The van der Waals surface area contributed by atoms with Crippen LogP contribution in [0.2, 0.25) is 0 Å². The van der Waals surface area contributed by atoms with E-state index < -0.39 is 0 Å². The van der Waals surface area contributed by atoms with Crippen molar-refractivity contribution in [3.8, 4) is 17.1 Å². The molecule has 1 aliphatic carbocycles. The summed E-state index contributed by atoms with van der Waals surface area (Å²) in [5.74, 6) is 2.75. The van der Waals surface area contributed by atoms with Crippen molar-refractivity contribution in [2.45, 2.75) is 38.5 Å². The lowest BCUT2D eigenvalue weighted by Crippen LogP contribution is -2.11. The van der Waals surface area contributed by atoms with E-state index in [1.165, 1.54) is 31.2 Å². The third kappa shape index (κ3) is 4.15. The molecule has 0 N–H and O–H groups in total. The molecule has 0 saturated heterocycles. The molecule has 3 rings (SSSR count). The number of hydrogen-bond donors (Lipinski definition) is 0. The number of hydrogen-bond acceptors (Lipinski definition) is 3. The van der Waals surface area contributed by atoms with Crippen LogP contribution in [0.15, 0.2) is 48.3 Å². The van der Waals surface area contributed by atoms with Crippen molar-refractivity contribution < 1.29 is 4.74 Å².